The fourth-order valence-electron chi connectivity index (χ4n) is 3.50. The van der Waals surface area contributed by atoms with Gasteiger partial charge in [-0.3, -0.25) is 0 Å². The van der Waals surface area contributed by atoms with E-state index in [1.54, 1.807) is 0 Å². The molecule has 0 atom stereocenters. The lowest BCUT2D eigenvalue weighted by Gasteiger charge is -2.15. The smallest absolute Gasteiger partial charge is 0.161 e. The van der Waals surface area contributed by atoms with Crippen LogP contribution < -0.4 is 14.8 Å². The molecule has 0 amide bonds. The normalized spacial score (nSPS) is 10.7. The number of nitrogens with one attached hydrogen (secondary N) is 1. The molecule has 4 rings (SSSR count). The molecule has 4 aromatic carbocycles. The van der Waals surface area contributed by atoms with Gasteiger partial charge in [0.1, 0.15) is 6.61 Å². The van der Waals surface area contributed by atoms with Gasteiger partial charge in [-0.1, -0.05) is 66.2 Å². The first-order valence-electron chi connectivity index (χ1n) is 10.4. The summed E-state index contributed by atoms with van der Waals surface area (Å²) in [7, 11) is 0. The molecule has 152 valence electrons. The maximum absolute atomic E-state index is 6.17. The lowest BCUT2D eigenvalue weighted by Crippen LogP contribution is -2.03. The Labute approximate surface area is 178 Å². The molecule has 3 nitrogen and oxygen atoms in total. The van der Waals surface area contributed by atoms with Gasteiger partial charge in [0.15, 0.2) is 11.5 Å². The van der Waals surface area contributed by atoms with Crippen molar-refractivity contribution >= 4 is 16.5 Å². The minimum Gasteiger partial charge on any atom is -0.490 e. The van der Waals surface area contributed by atoms with Gasteiger partial charge in [0.05, 0.1) is 6.61 Å². The van der Waals surface area contributed by atoms with Gasteiger partial charge in [0.2, 0.25) is 0 Å². The van der Waals surface area contributed by atoms with Gasteiger partial charge in [-0.25, -0.2) is 0 Å². The minimum absolute atomic E-state index is 0.502. The van der Waals surface area contributed by atoms with E-state index in [-0.39, 0.29) is 0 Å². The zero-order chi connectivity index (χ0) is 20.8. The lowest BCUT2D eigenvalue weighted by molar-refractivity contribution is 0.270. The number of aryl methyl sites for hydroxylation is 1. The van der Waals surface area contributed by atoms with Crippen LogP contribution >= 0.6 is 0 Å². The summed E-state index contributed by atoms with van der Waals surface area (Å²) in [6.45, 7) is 5.91. The second-order valence-corrected chi connectivity index (χ2v) is 7.36. The summed E-state index contributed by atoms with van der Waals surface area (Å²) in [4.78, 5) is 0. The van der Waals surface area contributed by atoms with Gasteiger partial charge >= 0.3 is 0 Å². The standard InChI is InChI=1S/C27H27NO2/c1-3-29-27-17-21(18-28-24-14-11-20(2)12-15-24)13-16-26(27)30-19-23-9-6-8-22-7-4-5-10-25(22)23/h4-17,28H,3,18-19H2,1-2H3. The summed E-state index contributed by atoms with van der Waals surface area (Å²) in [6.07, 6.45) is 0. The molecule has 0 radical (unpaired) electrons. The van der Waals surface area contributed by atoms with E-state index in [9.17, 15) is 0 Å². The molecule has 4 aromatic rings. The third kappa shape index (κ3) is 4.74. The van der Waals surface area contributed by atoms with Gasteiger partial charge in [0.25, 0.3) is 0 Å². The molecule has 0 aliphatic rings. The van der Waals surface area contributed by atoms with E-state index in [1.807, 2.05) is 13.0 Å². The van der Waals surface area contributed by atoms with E-state index in [0.29, 0.717) is 13.2 Å². The molecule has 0 spiro atoms. The first-order valence-corrected chi connectivity index (χ1v) is 10.4. The average molecular weight is 398 g/mol. The van der Waals surface area contributed by atoms with Crippen LogP contribution in [0.25, 0.3) is 10.8 Å². The molecule has 0 aliphatic carbocycles. The maximum atomic E-state index is 6.17. The highest BCUT2D eigenvalue weighted by Crippen LogP contribution is 2.30. The van der Waals surface area contributed by atoms with Crippen LogP contribution in [0.15, 0.2) is 84.9 Å². The minimum atomic E-state index is 0.502. The van der Waals surface area contributed by atoms with Gasteiger partial charge in [-0.05, 0) is 60.0 Å². The molecular weight excluding hydrogens is 370 g/mol. The van der Waals surface area contributed by atoms with Crippen LogP contribution in [0, 0.1) is 6.92 Å². The van der Waals surface area contributed by atoms with Crippen molar-refractivity contribution in [3.63, 3.8) is 0 Å². The van der Waals surface area contributed by atoms with Crippen molar-refractivity contribution in [2.24, 2.45) is 0 Å². The molecule has 0 saturated carbocycles. The van der Waals surface area contributed by atoms with Crippen LogP contribution in [-0.2, 0) is 13.2 Å². The highest BCUT2D eigenvalue weighted by molar-refractivity contribution is 5.85. The Morgan fingerprint density at radius 2 is 1.57 bits per heavy atom. The molecule has 0 bridgehead atoms. The van der Waals surface area contributed by atoms with Gasteiger partial charge in [0, 0.05) is 12.2 Å². The molecule has 3 heteroatoms. The molecule has 0 fully saturated rings. The fourth-order valence-corrected chi connectivity index (χ4v) is 3.50. The van der Waals surface area contributed by atoms with E-state index in [1.165, 1.54) is 21.9 Å². The largest absolute Gasteiger partial charge is 0.490 e. The number of rotatable bonds is 8. The van der Waals surface area contributed by atoms with E-state index >= 15 is 0 Å². The summed E-state index contributed by atoms with van der Waals surface area (Å²) in [5.74, 6) is 1.55. The fraction of sp³-hybridized carbons (Fsp3) is 0.185. The molecular formula is C27H27NO2. The predicted octanol–water partition coefficient (Wildman–Crippen LogP) is 6.74. The van der Waals surface area contributed by atoms with Crippen LogP contribution in [0.5, 0.6) is 11.5 Å². The van der Waals surface area contributed by atoms with Crippen LogP contribution in [0.3, 0.4) is 0 Å². The number of hydrogen-bond acceptors (Lipinski definition) is 3. The Bertz CT molecular complexity index is 1110. The molecule has 0 heterocycles. The average Bonchev–Trinajstić information content (AvgIpc) is 2.78. The van der Waals surface area contributed by atoms with Gasteiger partial charge < -0.3 is 14.8 Å². The second-order valence-electron chi connectivity index (χ2n) is 7.36. The lowest BCUT2D eigenvalue weighted by atomic mass is 10.1. The SMILES string of the molecule is CCOc1cc(CNc2ccc(C)cc2)ccc1OCc1cccc2ccccc12. The summed E-state index contributed by atoms with van der Waals surface area (Å²) in [5, 5.41) is 5.90. The van der Waals surface area contributed by atoms with Crippen molar-refractivity contribution in [3.8, 4) is 11.5 Å². The molecule has 0 saturated heterocycles. The first-order chi connectivity index (χ1) is 14.7. The quantitative estimate of drug-likeness (QED) is 0.357. The third-order valence-electron chi connectivity index (χ3n) is 5.12. The van der Waals surface area contributed by atoms with Crippen molar-refractivity contribution in [1.82, 2.24) is 0 Å². The van der Waals surface area contributed by atoms with Crippen LogP contribution in [0.4, 0.5) is 5.69 Å². The molecule has 1 N–H and O–H groups in total. The number of anilines is 1. The monoisotopic (exact) mass is 397 g/mol. The van der Waals surface area contributed by atoms with Crippen LogP contribution in [0.2, 0.25) is 0 Å². The van der Waals surface area contributed by atoms with Gasteiger partial charge in [-0.2, -0.15) is 0 Å². The van der Waals surface area contributed by atoms with E-state index < -0.39 is 0 Å². The second kappa shape index (κ2) is 9.36. The Kier molecular flexibility index (Phi) is 6.19. The topological polar surface area (TPSA) is 30.5 Å². The van der Waals surface area contributed by atoms with Crippen molar-refractivity contribution in [3.05, 3.63) is 102 Å². The zero-order valence-corrected chi connectivity index (χ0v) is 17.5. The van der Waals surface area contributed by atoms with E-state index in [2.05, 4.69) is 91.1 Å². The molecule has 0 aromatic heterocycles. The van der Waals surface area contributed by atoms with E-state index in [4.69, 9.17) is 9.47 Å². The summed E-state index contributed by atoms with van der Waals surface area (Å²) >= 11 is 0. The van der Waals surface area contributed by atoms with Crippen molar-refractivity contribution in [2.75, 3.05) is 11.9 Å². The Balaban J connectivity index is 1.48. The Morgan fingerprint density at radius 1 is 0.767 bits per heavy atom. The Morgan fingerprint density at radius 3 is 2.40 bits per heavy atom. The van der Waals surface area contributed by atoms with Crippen LogP contribution in [-0.4, -0.2) is 6.61 Å². The number of benzene rings is 4. The molecule has 0 aliphatic heterocycles. The number of hydrogen-bond donors (Lipinski definition) is 1. The van der Waals surface area contributed by atoms with Gasteiger partial charge in [-0.15, -0.1) is 0 Å². The third-order valence-corrected chi connectivity index (χ3v) is 5.12. The highest BCUT2D eigenvalue weighted by atomic mass is 16.5. The summed E-state index contributed by atoms with van der Waals surface area (Å²) < 4.78 is 12.0. The Hall–Kier alpha value is -3.46. The molecule has 0 unspecified atom stereocenters. The predicted molar refractivity (Wildman–Crippen MR) is 124 cm³/mol. The van der Waals surface area contributed by atoms with Crippen LogP contribution in [0.1, 0.15) is 23.6 Å². The van der Waals surface area contributed by atoms with E-state index in [0.717, 1.165) is 29.3 Å². The number of ether oxygens (including phenoxy) is 2. The summed E-state index contributed by atoms with van der Waals surface area (Å²) in [6, 6.07) is 29.3. The van der Waals surface area contributed by atoms with Crippen molar-refractivity contribution < 1.29 is 9.47 Å². The van der Waals surface area contributed by atoms with Crippen molar-refractivity contribution in [1.29, 1.82) is 0 Å². The zero-order valence-electron chi connectivity index (χ0n) is 17.5. The molecule has 30 heavy (non-hydrogen) atoms. The maximum Gasteiger partial charge on any atom is 0.161 e. The number of fused-ring (bicyclic) bond motifs is 1. The first kappa shape index (κ1) is 19.8. The summed E-state index contributed by atoms with van der Waals surface area (Å²) in [5.41, 5.74) is 4.68. The van der Waals surface area contributed by atoms with Crippen molar-refractivity contribution in [2.45, 2.75) is 27.0 Å². The highest BCUT2D eigenvalue weighted by Gasteiger charge is 2.09.